The first-order valence-corrected chi connectivity index (χ1v) is 16.6. The molecular formula is C37H44O15. The van der Waals surface area contributed by atoms with Crippen molar-refractivity contribution in [1.29, 1.82) is 0 Å². The van der Waals surface area contributed by atoms with Crippen LogP contribution < -0.4 is 0 Å². The molecule has 3 saturated carbocycles. The summed E-state index contributed by atoms with van der Waals surface area (Å²) in [7, 11) is 0. The standard InChI is InChI=1S/C37H44O15/c1-18-25(48-20(3)39)16-37(52-33(45)24-13-11-10-12-14-24)32(44)30-35(9,31(43)29(51-23(6)42)28(18)34(37,7)8)26(49-21(4)40)15-27(50-22(5)41)36(30,46)17-47-19(2)38/h10-14,25-30,46H,1,15-17H2,2-9H3/t25-,26-,27-,28+,29-,30-,35+,36-,37+/m0/s1. The first-order chi connectivity index (χ1) is 24.0. The molecular weight excluding hydrogens is 684 g/mol. The van der Waals surface area contributed by atoms with E-state index >= 15 is 9.59 Å². The maximum Gasteiger partial charge on any atom is 0.339 e. The van der Waals surface area contributed by atoms with Gasteiger partial charge in [-0.25, -0.2) is 4.79 Å². The van der Waals surface area contributed by atoms with Crippen LogP contribution in [0.15, 0.2) is 42.5 Å². The zero-order chi connectivity index (χ0) is 39.1. The van der Waals surface area contributed by atoms with E-state index in [1.54, 1.807) is 18.2 Å². The van der Waals surface area contributed by atoms with E-state index < -0.39 is 125 Å². The average molecular weight is 729 g/mol. The lowest BCUT2D eigenvalue weighted by Gasteiger charge is -2.63. The van der Waals surface area contributed by atoms with Gasteiger partial charge in [0.05, 0.1) is 16.9 Å². The van der Waals surface area contributed by atoms with Gasteiger partial charge in [-0.1, -0.05) is 38.6 Å². The van der Waals surface area contributed by atoms with Crippen LogP contribution in [0.2, 0.25) is 0 Å². The van der Waals surface area contributed by atoms with E-state index in [2.05, 4.69) is 6.58 Å². The van der Waals surface area contributed by atoms with E-state index in [-0.39, 0.29) is 11.1 Å². The molecule has 3 aliphatic carbocycles. The second-order valence-electron chi connectivity index (χ2n) is 14.3. The van der Waals surface area contributed by atoms with Crippen LogP contribution in [0, 0.1) is 22.7 Å². The number of rotatable bonds is 8. The van der Waals surface area contributed by atoms with Gasteiger partial charge in [-0.3, -0.25) is 33.6 Å². The van der Waals surface area contributed by atoms with E-state index in [4.69, 9.17) is 28.4 Å². The minimum Gasteiger partial charge on any atom is -0.463 e. The molecule has 1 aromatic rings. The highest BCUT2D eigenvalue weighted by atomic mass is 16.6. The van der Waals surface area contributed by atoms with E-state index in [1.807, 2.05) is 0 Å². The topological polar surface area (TPSA) is 212 Å². The number of hydrogen-bond donors (Lipinski definition) is 1. The maximum atomic E-state index is 15.9. The van der Waals surface area contributed by atoms with Crippen LogP contribution in [0.5, 0.6) is 0 Å². The lowest BCUT2D eigenvalue weighted by molar-refractivity contribution is -0.257. The Morgan fingerprint density at radius 2 is 1.31 bits per heavy atom. The minimum atomic E-state index is -2.77. The van der Waals surface area contributed by atoms with Crippen LogP contribution in [-0.2, 0) is 62.0 Å². The van der Waals surface area contributed by atoms with Gasteiger partial charge in [0.1, 0.15) is 30.5 Å². The molecule has 15 heteroatoms. The molecule has 3 aliphatic rings. The normalized spacial score (nSPS) is 33.6. The summed E-state index contributed by atoms with van der Waals surface area (Å²) in [5.41, 5.74) is -9.31. The molecule has 52 heavy (non-hydrogen) atoms. The summed E-state index contributed by atoms with van der Waals surface area (Å²) in [6.45, 7) is 12.4. The molecule has 9 atom stereocenters. The fourth-order valence-corrected chi connectivity index (χ4v) is 8.33. The summed E-state index contributed by atoms with van der Waals surface area (Å²) >= 11 is 0. The number of benzene rings is 1. The smallest absolute Gasteiger partial charge is 0.339 e. The summed E-state index contributed by atoms with van der Waals surface area (Å²) in [6, 6.07) is 7.57. The molecule has 4 rings (SSSR count). The number of Topliss-reactive ketones (excluding diaryl/α,β-unsaturated/α-hetero) is 2. The zero-order valence-corrected chi connectivity index (χ0v) is 30.3. The SMILES string of the molecule is C=C1[C@@H](OC(C)=O)C[C@@]2(OC(=O)c3ccccc3)C(=O)[C@@H]3[C@](O)(COC(C)=O)[C@@H](OC(C)=O)C[C@H](OC(C)=O)[C@@]3(C)C(=O)[C@@H](OC(C)=O)[C@@H]1C2(C)C. The Balaban J connectivity index is 2.19. The fraction of sp³-hybridized carbons (Fsp3) is 0.568. The van der Waals surface area contributed by atoms with E-state index in [0.29, 0.717) is 0 Å². The molecule has 282 valence electrons. The van der Waals surface area contributed by atoms with Gasteiger partial charge in [0.15, 0.2) is 23.3 Å². The van der Waals surface area contributed by atoms with Gasteiger partial charge in [-0.15, -0.1) is 0 Å². The van der Waals surface area contributed by atoms with Crippen molar-refractivity contribution >= 4 is 47.4 Å². The summed E-state index contributed by atoms with van der Waals surface area (Å²) in [6.07, 6.45) is -7.89. The van der Waals surface area contributed by atoms with E-state index in [1.165, 1.54) is 32.9 Å². The lowest BCUT2D eigenvalue weighted by Crippen LogP contribution is -2.79. The molecule has 1 N–H and O–H groups in total. The molecule has 3 fully saturated rings. The Hall–Kier alpha value is -4.92. The predicted molar refractivity (Wildman–Crippen MR) is 176 cm³/mol. The molecule has 15 nitrogen and oxygen atoms in total. The summed E-state index contributed by atoms with van der Waals surface area (Å²) in [4.78, 5) is 108. The first kappa shape index (κ1) is 39.9. The highest BCUT2D eigenvalue weighted by Gasteiger charge is 2.78. The number of aliphatic hydroxyl groups is 1. The molecule has 2 bridgehead atoms. The van der Waals surface area contributed by atoms with Crippen molar-refractivity contribution in [3.63, 3.8) is 0 Å². The van der Waals surface area contributed by atoms with Gasteiger partial charge < -0.3 is 33.5 Å². The van der Waals surface area contributed by atoms with Crippen LogP contribution in [0.3, 0.4) is 0 Å². The summed E-state index contributed by atoms with van der Waals surface area (Å²) < 4.78 is 34.1. The van der Waals surface area contributed by atoms with Crippen molar-refractivity contribution in [1.82, 2.24) is 0 Å². The number of carbonyl (C=O) groups excluding carboxylic acids is 8. The number of ketones is 2. The third kappa shape index (κ3) is 6.73. The molecule has 0 saturated heterocycles. The summed E-state index contributed by atoms with van der Waals surface area (Å²) in [5, 5.41) is 12.8. The second-order valence-corrected chi connectivity index (χ2v) is 14.3. The van der Waals surface area contributed by atoms with Crippen LogP contribution in [-0.4, -0.2) is 94.7 Å². The van der Waals surface area contributed by atoms with Crippen molar-refractivity contribution < 1.29 is 71.9 Å². The molecule has 0 aromatic heterocycles. The number of esters is 6. The average Bonchev–Trinajstić information content (AvgIpc) is 3.03. The van der Waals surface area contributed by atoms with Gasteiger partial charge in [-0.2, -0.15) is 0 Å². The predicted octanol–water partition coefficient (Wildman–Crippen LogP) is 2.38. The van der Waals surface area contributed by atoms with Gasteiger partial charge in [0.2, 0.25) is 0 Å². The Labute approximate surface area is 300 Å². The molecule has 0 unspecified atom stereocenters. The van der Waals surface area contributed by atoms with E-state index in [0.717, 1.165) is 34.6 Å². The third-order valence-electron chi connectivity index (χ3n) is 10.6. The number of hydrogen-bond acceptors (Lipinski definition) is 15. The molecule has 0 radical (unpaired) electrons. The lowest BCUT2D eigenvalue weighted by atomic mass is 9.44. The maximum absolute atomic E-state index is 15.9. The Morgan fingerprint density at radius 3 is 1.83 bits per heavy atom. The highest BCUT2D eigenvalue weighted by molar-refractivity contribution is 6.04. The minimum absolute atomic E-state index is 0.00251. The monoisotopic (exact) mass is 728 g/mol. The second kappa shape index (κ2) is 14.2. The Morgan fingerprint density at radius 1 is 0.769 bits per heavy atom. The zero-order valence-electron chi connectivity index (χ0n) is 30.3. The van der Waals surface area contributed by atoms with Crippen molar-refractivity contribution in [2.45, 2.75) is 104 Å². The van der Waals surface area contributed by atoms with Crippen LogP contribution >= 0.6 is 0 Å². The van der Waals surface area contributed by atoms with Crippen LogP contribution in [0.1, 0.15) is 78.6 Å². The molecule has 1 aromatic carbocycles. The Kier molecular flexibility index (Phi) is 10.9. The highest BCUT2D eigenvalue weighted by Crippen LogP contribution is 2.63. The van der Waals surface area contributed by atoms with Crippen molar-refractivity contribution in [2.24, 2.45) is 22.7 Å². The largest absolute Gasteiger partial charge is 0.463 e. The van der Waals surface area contributed by atoms with Gasteiger partial charge >= 0.3 is 35.8 Å². The van der Waals surface area contributed by atoms with E-state index in [9.17, 15) is 33.9 Å². The number of ether oxygens (including phenoxy) is 6. The van der Waals surface area contributed by atoms with Crippen molar-refractivity contribution in [3.05, 3.63) is 48.0 Å². The number of carbonyl (C=O) groups is 8. The molecule has 0 aliphatic heterocycles. The number of fused-ring (bicyclic) bond motifs is 3. The molecule has 0 heterocycles. The van der Waals surface area contributed by atoms with Crippen molar-refractivity contribution in [3.8, 4) is 0 Å². The quantitative estimate of drug-likeness (QED) is 0.231. The van der Waals surface area contributed by atoms with Gasteiger partial charge in [0, 0.05) is 58.8 Å². The third-order valence-corrected chi connectivity index (χ3v) is 10.6. The molecule has 0 spiro atoms. The fourth-order valence-electron chi connectivity index (χ4n) is 8.33. The summed E-state index contributed by atoms with van der Waals surface area (Å²) in [5.74, 6) is -11.4. The first-order valence-electron chi connectivity index (χ1n) is 16.6. The van der Waals surface area contributed by atoms with Crippen LogP contribution in [0.4, 0.5) is 0 Å². The van der Waals surface area contributed by atoms with Gasteiger partial charge in [-0.05, 0) is 24.6 Å². The van der Waals surface area contributed by atoms with Gasteiger partial charge in [0.25, 0.3) is 0 Å². The molecule has 0 amide bonds. The van der Waals surface area contributed by atoms with Crippen molar-refractivity contribution in [2.75, 3.05) is 6.61 Å². The van der Waals surface area contributed by atoms with Crippen LogP contribution in [0.25, 0.3) is 0 Å². The Bertz CT molecular complexity index is 1700.